The maximum atomic E-state index is 12.1. The van der Waals surface area contributed by atoms with Crippen molar-refractivity contribution in [3.8, 4) is 5.75 Å². The second kappa shape index (κ2) is 4.43. The Bertz CT molecular complexity index is 466. The molecule has 0 radical (unpaired) electrons. The predicted molar refractivity (Wildman–Crippen MR) is 61.5 cm³/mol. The molecule has 88 valence electrons. The van der Waals surface area contributed by atoms with Crippen LogP contribution in [0.5, 0.6) is 5.75 Å². The average molecular weight is 241 g/mol. The maximum Gasteiger partial charge on any atom is 0.183 e. The standard InChI is InChI=1S/C11H15NO3S/c1-15-10-4-2-3-5-11(10)16(13,14)8-9-6-7-12-9/h2-5,9,12H,6-8H2,1H3. The number of hydrogen-bond acceptors (Lipinski definition) is 4. The molecule has 0 aromatic heterocycles. The third-order valence-corrected chi connectivity index (χ3v) is 4.60. The summed E-state index contributed by atoms with van der Waals surface area (Å²) in [6.07, 6.45) is 0.925. The Morgan fingerprint density at radius 2 is 2.12 bits per heavy atom. The molecule has 1 aromatic carbocycles. The van der Waals surface area contributed by atoms with Gasteiger partial charge in [0.05, 0.1) is 12.9 Å². The Balaban J connectivity index is 2.27. The Morgan fingerprint density at radius 3 is 2.69 bits per heavy atom. The summed E-state index contributed by atoms with van der Waals surface area (Å²) in [5.74, 6) is 0.565. The van der Waals surface area contributed by atoms with Crippen molar-refractivity contribution in [2.24, 2.45) is 0 Å². The van der Waals surface area contributed by atoms with Crippen molar-refractivity contribution >= 4 is 9.84 Å². The van der Waals surface area contributed by atoms with Crippen molar-refractivity contribution in [3.05, 3.63) is 24.3 Å². The van der Waals surface area contributed by atoms with Crippen molar-refractivity contribution in [1.82, 2.24) is 5.32 Å². The Morgan fingerprint density at radius 1 is 1.44 bits per heavy atom. The van der Waals surface area contributed by atoms with Gasteiger partial charge in [0.2, 0.25) is 0 Å². The van der Waals surface area contributed by atoms with E-state index >= 15 is 0 Å². The third-order valence-electron chi connectivity index (χ3n) is 2.75. The molecule has 0 spiro atoms. The van der Waals surface area contributed by atoms with Crippen LogP contribution in [0.25, 0.3) is 0 Å². The molecule has 1 fully saturated rings. The fourth-order valence-electron chi connectivity index (χ4n) is 1.72. The molecule has 1 N–H and O–H groups in total. The van der Waals surface area contributed by atoms with E-state index in [0.29, 0.717) is 5.75 Å². The van der Waals surface area contributed by atoms with Gasteiger partial charge >= 0.3 is 0 Å². The van der Waals surface area contributed by atoms with E-state index < -0.39 is 9.84 Å². The number of sulfone groups is 1. The fraction of sp³-hybridized carbons (Fsp3) is 0.455. The molecular weight excluding hydrogens is 226 g/mol. The van der Waals surface area contributed by atoms with Crippen molar-refractivity contribution in [3.63, 3.8) is 0 Å². The Kier molecular flexibility index (Phi) is 3.16. The van der Waals surface area contributed by atoms with Gasteiger partial charge in [0.25, 0.3) is 0 Å². The van der Waals surface area contributed by atoms with Gasteiger partial charge in [-0.25, -0.2) is 8.42 Å². The SMILES string of the molecule is COc1ccccc1S(=O)(=O)CC1CCN1. The molecule has 16 heavy (non-hydrogen) atoms. The van der Waals surface area contributed by atoms with Crippen LogP contribution >= 0.6 is 0 Å². The lowest BCUT2D eigenvalue weighted by Gasteiger charge is -2.27. The van der Waals surface area contributed by atoms with Gasteiger partial charge < -0.3 is 10.1 Å². The van der Waals surface area contributed by atoms with Crippen LogP contribution in [0.3, 0.4) is 0 Å². The number of ether oxygens (including phenoxy) is 1. The first-order valence-electron chi connectivity index (χ1n) is 5.22. The number of benzene rings is 1. The summed E-state index contributed by atoms with van der Waals surface area (Å²) in [6, 6.07) is 6.83. The number of hydrogen-bond donors (Lipinski definition) is 1. The van der Waals surface area contributed by atoms with Gasteiger partial charge in [-0.3, -0.25) is 0 Å². The molecule has 1 atom stereocenters. The average Bonchev–Trinajstić information content (AvgIpc) is 2.24. The van der Waals surface area contributed by atoms with Crippen LogP contribution in [0.2, 0.25) is 0 Å². The molecule has 1 saturated heterocycles. The molecule has 2 rings (SSSR count). The number of para-hydroxylation sites is 1. The van der Waals surface area contributed by atoms with Crippen LogP contribution in [0.1, 0.15) is 6.42 Å². The summed E-state index contributed by atoms with van der Waals surface area (Å²) >= 11 is 0. The molecule has 0 bridgehead atoms. The number of nitrogens with one attached hydrogen (secondary N) is 1. The molecule has 1 aliphatic heterocycles. The highest BCUT2D eigenvalue weighted by atomic mass is 32.2. The lowest BCUT2D eigenvalue weighted by atomic mass is 10.1. The second-order valence-corrected chi connectivity index (χ2v) is 5.87. The zero-order valence-corrected chi connectivity index (χ0v) is 9.96. The maximum absolute atomic E-state index is 12.1. The van der Waals surface area contributed by atoms with Crippen LogP contribution in [0, 0.1) is 0 Å². The molecule has 1 unspecified atom stereocenters. The third kappa shape index (κ3) is 2.20. The molecule has 0 aliphatic carbocycles. The van der Waals surface area contributed by atoms with Gasteiger partial charge in [0.1, 0.15) is 10.6 Å². The minimum Gasteiger partial charge on any atom is -0.495 e. The molecule has 1 aliphatic rings. The first kappa shape index (κ1) is 11.4. The normalized spacial score (nSPS) is 20.2. The minimum absolute atomic E-state index is 0.0925. The number of methoxy groups -OCH3 is 1. The lowest BCUT2D eigenvalue weighted by Crippen LogP contribution is -2.47. The highest BCUT2D eigenvalue weighted by molar-refractivity contribution is 7.91. The van der Waals surface area contributed by atoms with E-state index in [1.54, 1.807) is 24.3 Å². The zero-order valence-electron chi connectivity index (χ0n) is 9.14. The molecule has 1 heterocycles. The van der Waals surface area contributed by atoms with Crippen molar-refractivity contribution in [1.29, 1.82) is 0 Å². The molecule has 4 nitrogen and oxygen atoms in total. The molecular formula is C11H15NO3S. The van der Waals surface area contributed by atoms with Crippen LogP contribution in [-0.2, 0) is 9.84 Å². The van der Waals surface area contributed by atoms with Crippen LogP contribution in [0.15, 0.2) is 29.2 Å². The smallest absolute Gasteiger partial charge is 0.183 e. The summed E-state index contributed by atoms with van der Waals surface area (Å²) < 4.78 is 29.3. The highest BCUT2D eigenvalue weighted by Gasteiger charge is 2.27. The van der Waals surface area contributed by atoms with E-state index in [-0.39, 0.29) is 16.7 Å². The van der Waals surface area contributed by atoms with Crippen LogP contribution in [-0.4, -0.2) is 33.9 Å². The van der Waals surface area contributed by atoms with Crippen molar-refractivity contribution in [2.75, 3.05) is 19.4 Å². The number of rotatable bonds is 4. The van der Waals surface area contributed by atoms with E-state index in [1.165, 1.54) is 7.11 Å². The largest absolute Gasteiger partial charge is 0.495 e. The quantitative estimate of drug-likeness (QED) is 0.848. The molecule has 0 amide bonds. The Labute approximate surface area is 95.5 Å². The monoisotopic (exact) mass is 241 g/mol. The zero-order chi connectivity index (χ0) is 11.6. The van der Waals surface area contributed by atoms with Crippen LogP contribution in [0.4, 0.5) is 0 Å². The lowest BCUT2D eigenvalue weighted by molar-refractivity contribution is 0.393. The molecule has 0 saturated carbocycles. The van der Waals surface area contributed by atoms with E-state index in [0.717, 1.165) is 13.0 Å². The van der Waals surface area contributed by atoms with Crippen molar-refractivity contribution < 1.29 is 13.2 Å². The fourth-order valence-corrected chi connectivity index (χ4v) is 3.46. The minimum atomic E-state index is -3.25. The molecule has 1 aromatic rings. The second-order valence-electron chi connectivity index (χ2n) is 3.87. The highest BCUT2D eigenvalue weighted by Crippen LogP contribution is 2.25. The van der Waals surface area contributed by atoms with Gasteiger partial charge in [-0.15, -0.1) is 0 Å². The van der Waals surface area contributed by atoms with Crippen LogP contribution < -0.4 is 10.1 Å². The van der Waals surface area contributed by atoms with E-state index in [4.69, 9.17) is 4.74 Å². The van der Waals surface area contributed by atoms with Gasteiger partial charge in [-0.05, 0) is 25.1 Å². The summed E-state index contributed by atoms with van der Waals surface area (Å²) in [6.45, 7) is 0.909. The van der Waals surface area contributed by atoms with Gasteiger partial charge in [0.15, 0.2) is 9.84 Å². The summed E-state index contributed by atoms with van der Waals surface area (Å²) in [5.41, 5.74) is 0. The predicted octanol–water partition coefficient (Wildman–Crippen LogP) is 0.831. The first-order chi connectivity index (χ1) is 7.63. The summed E-state index contributed by atoms with van der Waals surface area (Å²) in [4.78, 5) is 0.284. The summed E-state index contributed by atoms with van der Waals surface area (Å²) in [7, 11) is -1.77. The molecule has 5 heteroatoms. The van der Waals surface area contributed by atoms with E-state index in [1.807, 2.05) is 0 Å². The Hall–Kier alpha value is -1.07. The van der Waals surface area contributed by atoms with Gasteiger partial charge in [-0.2, -0.15) is 0 Å². The summed E-state index contributed by atoms with van der Waals surface area (Å²) in [5, 5.41) is 3.09. The van der Waals surface area contributed by atoms with Crippen molar-refractivity contribution in [2.45, 2.75) is 17.4 Å². The topological polar surface area (TPSA) is 55.4 Å². The first-order valence-corrected chi connectivity index (χ1v) is 6.88. The van der Waals surface area contributed by atoms with Gasteiger partial charge in [-0.1, -0.05) is 12.1 Å². The van der Waals surface area contributed by atoms with Gasteiger partial charge in [0, 0.05) is 6.04 Å². The van der Waals surface area contributed by atoms with E-state index in [9.17, 15) is 8.42 Å². The van der Waals surface area contributed by atoms with E-state index in [2.05, 4.69) is 5.32 Å².